The summed E-state index contributed by atoms with van der Waals surface area (Å²) in [5.74, 6) is 2.77. The van der Waals surface area contributed by atoms with Gasteiger partial charge in [-0.15, -0.1) is 0 Å². The number of carboxylic acid groups (broad SMARTS) is 2. The van der Waals surface area contributed by atoms with Crippen molar-refractivity contribution < 1.29 is 24.6 Å². The van der Waals surface area contributed by atoms with Crippen molar-refractivity contribution in [2.75, 3.05) is 0 Å². The average molecular weight is 199 g/mol. The van der Waals surface area contributed by atoms with Crippen LogP contribution in [0.15, 0.2) is 0 Å². The van der Waals surface area contributed by atoms with Crippen LogP contribution in [-0.4, -0.2) is 34.1 Å². The Morgan fingerprint density at radius 3 is 2.29 bits per heavy atom. The maximum Gasteiger partial charge on any atom is 0.406 e. The fourth-order valence-electron chi connectivity index (χ4n) is 0.561. The maximum absolute atomic E-state index is 10.4. The number of carbonyl (C=O) groups is 3. The van der Waals surface area contributed by atoms with Gasteiger partial charge in [0.05, 0.1) is 6.42 Å². The Kier molecular flexibility index (Phi) is 4.78. The fraction of sp³-hybridized carbons (Fsp3) is 0.375. The number of Topliss-reactive ketones (excluding diaryl/α,β-unsaturated/α-hetero) is 1. The van der Waals surface area contributed by atoms with Crippen LogP contribution < -0.4 is 5.32 Å². The molecule has 1 amide bonds. The van der Waals surface area contributed by atoms with E-state index in [0.29, 0.717) is 0 Å². The van der Waals surface area contributed by atoms with E-state index in [1.54, 1.807) is 5.32 Å². The second-order valence-electron chi connectivity index (χ2n) is 2.42. The molecule has 0 aliphatic rings. The Bertz CT molecular complexity index is 311. The molecule has 0 aromatic rings. The zero-order valence-electron chi connectivity index (χ0n) is 7.40. The van der Waals surface area contributed by atoms with Crippen LogP contribution >= 0.6 is 0 Å². The summed E-state index contributed by atoms with van der Waals surface area (Å²) in [6, 6.07) is -1.49. The predicted octanol–water partition coefficient (Wildman–Crippen LogP) is -0.310. The van der Waals surface area contributed by atoms with Gasteiger partial charge in [-0.2, -0.15) is 0 Å². The Hall–Kier alpha value is -2.03. The van der Waals surface area contributed by atoms with Crippen LogP contribution in [0.5, 0.6) is 0 Å². The van der Waals surface area contributed by atoms with Crippen LogP contribution in [-0.2, 0) is 9.59 Å². The summed E-state index contributed by atoms with van der Waals surface area (Å²) in [5.41, 5.74) is 0. The number of carbonyl (C=O) groups excluding carboxylic acids is 1. The van der Waals surface area contributed by atoms with Gasteiger partial charge in [0.25, 0.3) is 0 Å². The molecule has 6 nitrogen and oxygen atoms in total. The highest BCUT2D eigenvalue weighted by Crippen LogP contribution is 1.84. The molecule has 0 aromatic carbocycles. The van der Waals surface area contributed by atoms with Gasteiger partial charge in [0.15, 0.2) is 6.04 Å². The number of nitrogens with one attached hydrogen (secondary N) is 1. The highest BCUT2D eigenvalue weighted by atomic mass is 16.4. The molecular formula is C8H9NO5. The number of ketones is 1. The molecule has 3 N–H and O–H groups in total. The van der Waals surface area contributed by atoms with Crippen molar-refractivity contribution in [2.24, 2.45) is 0 Å². The molecule has 0 aromatic heterocycles. The fourth-order valence-corrected chi connectivity index (χ4v) is 0.561. The number of hydrogen-bond donors (Lipinski definition) is 3. The van der Waals surface area contributed by atoms with Gasteiger partial charge in [-0.05, 0) is 6.92 Å². The van der Waals surface area contributed by atoms with E-state index < -0.39 is 18.1 Å². The van der Waals surface area contributed by atoms with Gasteiger partial charge in [0.2, 0.25) is 0 Å². The Morgan fingerprint density at radius 1 is 1.36 bits per heavy atom. The summed E-state index contributed by atoms with van der Waals surface area (Å²) in [5, 5.41) is 18.4. The van der Waals surface area contributed by atoms with Crippen molar-refractivity contribution in [1.29, 1.82) is 0 Å². The minimum absolute atomic E-state index is 0.0922. The molecule has 0 rings (SSSR count). The highest BCUT2D eigenvalue weighted by molar-refractivity contribution is 5.83. The largest absolute Gasteiger partial charge is 0.479 e. The van der Waals surface area contributed by atoms with E-state index in [1.807, 2.05) is 0 Å². The van der Waals surface area contributed by atoms with E-state index in [4.69, 9.17) is 10.2 Å². The first kappa shape index (κ1) is 12.0. The molecule has 1 atom stereocenters. The van der Waals surface area contributed by atoms with Gasteiger partial charge in [-0.25, -0.2) is 9.59 Å². The molecule has 0 saturated carbocycles. The molecular weight excluding hydrogens is 190 g/mol. The molecule has 0 bridgehead atoms. The minimum Gasteiger partial charge on any atom is -0.479 e. The van der Waals surface area contributed by atoms with Gasteiger partial charge < -0.3 is 10.2 Å². The van der Waals surface area contributed by atoms with Gasteiger partial charge in [0, 0.05) is 0 Å². The van der Waals surface area contributed by atoms with E-state index in [-0.39, 0.29) is 12.2 Å². The van der Waals surface area contributed by atoms with Crippen LogP contribution in [0.1, 0.15) is 13.3 Å². The third-order valence-electron chi connectivity index (χ3n) is 1.10. The van der Waals surface area contributed by atoms with Gasteiger partial charge in [-0.1, -0.05) is 11.8 Å². The van der Waals surface area contributed by atoms with E-state index >= 15 is 0 Å². The van der Waals surface area contributed by atoms with Crippen LogP contribution in [0.2, 0.25) is 0 Å². The van der Waals surface area contributed by atoms with Crippen molar-refractivity contribution in [3.8, 4) is 11.8 Å². The lowest BCUT2D eigenvalue weighted by molar-refractivity contribution is -0.137. The summed E-state index contributed by atoms with van der Waals surface area (Å²) in [7, 11) is 0. The first-order chi connectivity index (χ1) is 6.43. The van der Waals surface area contributed by atoms with Crippen LogP contribution in [0, 0.1) is 11.8 Å². The smallest absolute Gasteiger partial charge is 0.406 e. The van der Waals surface area contributed by atoms with Gasteiger partial charge in [0.1, 0.15) is 5.78 Å². The molecule has 0 spiro atoms. The van der Waals surface area contributed by atoms with E-state index in [2.05, 4.69) is 11.8 Å². The van der Waals surface area contributed by atoms with Gasteiger partial charge >= 0.3 is 12.1 Å². The topological polar surface area (TPSA) is 104 Å². The van der Waals surface area contributed by atoms with Crippen molar-refractivity contribution in [3.05, 3.63) is 0 Å². The summed E-state index contributed by atoms with van der Waals surface area (Å²) in [4.78, 5) is 30.9. The second kappa shape index (κ2) is 5.59. The third kappa shape index (κ3) is 5.60. The van der Waals surface area contributed by atoms with E-state index in [0.717, 1.165) is 0 Å². The Labute approximate surface area is 79.9 Å². The standard InChI is InChI=1S/C8H9NO5/c1-5(10)3-2-4-6(7(11)12)9-8(13)14/h6,9H,3H2,1H3,(H,11,12)(H,13,14). The molecule has 0 heterocycles. The number of carboxylic acids is 1. The zero-order chi connectivity index (χ0) is 11.1. The molecule has 14 heavy (non-hydrogen) atoms. The lowest BCUT2D eigenvalue weighted by Crippen LogP contribution is -2.38. The molecule has 0 aliphatic carbocycles. The number of hydrogen-bond acceptors (Lipinski definition) is 3. The minimum atomic E-state index is -1.49. The predicted molar refractivity (Wildman–Crippen MR) is 45.7 cm³/mol. The second-order valence-corrected chi connectivity index (χ2v) is 2.42. The number of aliphatic carboxylic acids is 1. The van der Waals surface area contributed by atoms with Crippen LogP contribution in [0.25, 0.3) is 0 Å². The molecule has 76 valence electrons. The highest BCUT2D eigenvalue weighted by Gasteiger charge is 2.15. The van der Waals surface area contributed by atoms with Crippen molar-refractivity contribution in [2.45, 2.75) is 19.4 Å². The SMILES string of the molecule is CC(=O)CC#CC(NC(=O)O)C(=O)O. The number of amides is 1. The number of rotatable bonds is 3. The Morgan fingerprint density at radius 2 is 1.93 bits per heavy atom. The van der Waals surface area contributed by atoms with Crippen molar-refractivity contribution >= 4 is 17.8 Å². The van der Waals surface area contributed by atoms with Crippen molar-refractivity contribution in [1.82, 2.24) is 5.32 Å². The maximum atomic E-state index is 10.4. The molecule has 0 saturated heterocycles. The third-order valence-corrected chi connectivity index (χ3v) is 1.10. The molecule has 0 aliphatic heterocycles. The summed E-state index contributed by atoms with van der Waals surface area (Å²) in [6.45, 7) is 1.30. The van der Waals surface area contributed by atoms with E-state index in [9.17, 15) is 14.4 Å². The first-order valence-electron chi connectivity index (χ1n) is 3.63. The summed E-state index contributed by atoms with van der Waals surface area (Å²) >= 11 is 0. The molecule has 0 radical (unpaired) electrons. The van der Waals surface area contributed by atoms with Gasteiger partial charge in [-0.3, -0.25) is 10.1 Å². The Balaban J connectivity index is 4.34. The lowest BCUT2D eigenvalue weighted by Gasteiger charge is -2.03. The average Bonchev–Trinajstić information content (AvgIpc) is 2.00. The first-order valence-corrected chi connectivity index (χ1v) is 3.63. The molecule has 6 heteroatoms. The van der Waals surface area contributed by atoms with Crippen LogP contribution in [0.3, 0.4) is 0 Å². The molecule has 1 unspecified atom stereocenters. The zero-order valence-corrected chi connectivity index (χ0v) is 7.40. The van der Waals surface area contributed by atoms with Crippen LogP contribution in [0.4, 0.5) is 4.79 Å². The normalized spacial score (nSPS) is 10.6. The van der Waals surface area contributed by atoms with Crippen molar-refractivity contribution in [3.63, 3.8) is 0 Å². The molecule has 0 fully saturated rings. The monoisotopic (exact) mass is 199 g/mol. The van der Waals surface area contributed by atoms with E-state index in [1.165, 1.54) is 6.92 Å². The summed E-state index contributed by atoms with van der Waals surface area (Å²) in [6.07, 6.45) is -1.57. The quantitative estimate of drug-likeness (QED) is 0.541. The summed E-state index contributed by atoms with van der Waals surface area (Å²) < 4.78 is 0. The lowest BCUT2D eigenvalue weighted by atomic mass is 10.2.